The molecule has 1 N–H and O–H groups in total. The van der Waals surface area contributed by atoms with Gasteiger partial charge in [0.15, 0.2) is 11.8 Å². The largest absolute Gasteiger partial charge is 0.435 e. The van der Waals surface area contributed by atoms with Crippen LogP contribution >= 0.6 is 0 Å². The van der Waals surface area contributed by atoms with E-state index in [1.165, 1.54) is 12.1 Å². The molecule has 2 heterocycles. The first kappa shape index (κ1) is 22.1. The topological polar surface area (TPSA) is 88.7 Å². The molecule has 0 aliphatic heterocycles. The fraction of sp³-hybridized carbons (Fsp3) is 0.333. The molecule has 10 heteroatoms. The smallest absolute Gasteiger partial charge is 0.387 e. The number of benzene rings is 1. The second-order valence-electron chi connectivity index (χ2n) is 6.59. The highest BCUT2D eigenvalue weighted by molar-refractivity contribution is 5.79. The number of nitrogens with one attached hydrogen (secondary N) is 1. The summed E-state index contributed by atoms with van der Waals surface area (Å²) in [4.78, 5) is 15.1. The molecule has 0 fully saturated rings. The molecule has 2 aromatic heterocycles. The molecule has 3 aromatic rings. The van der Waals surface area contributed by atoms with E-state index >= 15 is 0 Å². The molecule has 0 spiro atoms. The van der Waals surface area contributed by atoms with Crippen molar-refractivity contribution in [3.8, 4) is 17.3 Å². The Morgan fingerprint density at radius 3 is 2.71 bits per heavy atom. The maximum absolute atomic E-state index is 12.3. The number of ether oxygens (including phenoxy) is 1. The van der Waals surface area contributed by atoms with Crippen molar-refractivity contribution >= 4 is 5.96 Å². The van der Waals surface area contributed by atoms with Gasteiger partial charge in [0.1, 0.15) is 11.4 Å². The summed E-state index contributed by atoms with van der Waals surface area (Å²) in [5.41, 5.74) is 1.57. The average Bonchev–Trinajstić information content (AvgIpc) is 3.24. The van der Waals surface area contributed by atoms with Gasteiger partial charge in [-0.3, -0.25) is 9.98 Å². The Kier molecular flexibility index (Phi) is 7.85. The Morgan fingerprint density at radius 2 is 2.03 bits per heavy atom. The second kappa shape index (κ2) is 11.0. The zero-order chi connectivity index (χ0) is 22.1. The molecular formula is C21H24F2N6O2. The van der Waals surface area contributed by atoms with Crippen molar-refractivity contribution in [3.05, 3.63) is 60.0 Å². The van der Waals surface area contributed by atoms with Crippen LogP contribution in [0.4, 0.5) is 8.78 Å². The summed E-state index contributed by atoms with van der Waals surface area (Å²) in [7, 11) is 1.90. The van der Waals surface area contributed by atoms with E-state index < -0.39 is 6.61 Å². The van der Waals surface area contributed by atoms with Crippen molar-refractivity contribution in [1.29, 1.82) is 0 Å². The van der Waals surface area contributed by atoms with Crippen LogP contribution in [-0.4, -0.2) is 52.7 Å². The standard InChI is InChI=1S/C21H24F2N6O2/c1-3-24-21(29(2)14-15-7-9-16(10-8-15)30-20(22)23)26-13-11-18-27-19(31-28-18)17-6-4-5-12-25-17/h4-10,12,20H,3,11,13-14H2,1-2H3,(H,24,26). The lowest BCUT2D eigenvalue weighted by Crippen LogP contribution is -2.38. The maximum atomic E-state index is 12.3. The molecule has 0 aliphatic rings. The Hall–Kier alpha value is -3.56. The lowest BCUT2D eigenvalue weighted by Gasteiger charge is -2.22. The molecule has 0 unspecified atom stereocenters. The van der Waals surface area contributed by atoms with E-state index in [-0.39, 0.29) is 5.75 Å². The van der Waals surface area contributed by atoms with Gasteiger partial charge in [-0.1, -0.05) is 23.4 Å². The minimum Gasteiger partial charge on any atom is -0.435 e. The summed E-state index contributed by atoms with van der Waals surface area (Å²) in [6.07, 6.45) is 2.18. The number of aliphatic imine (C=N–C) groups is 1. The molecule has 0 atom stereocenters. The molecule has 8 nitrogen and oxygen atoms in total. The Morgan fingerprint density at radius 1 is 1.23 bits per heavy atom. The minimum atomic E-state index is -2.83. The summed E-state index contributed by atoms with van der Waals surface area (Å²) in [5.74, 6) is 1.77. The highest BCUT2D eigenvalue weighted by atomic mass is 19.3. The van der Waals surface area contributed by atoms with E-state index in [1.54, 1.807) is 24.4 Å². The van der Waals surface area contributed by atoms with Gasteiger partial charge in [-0.2, -0.15) is 13.8 Å². The maximum Gasteiger partial charge on any atom is 0.387 e. The molecule has 3 rings (SSSR count). The van der Waals surface area contributed by atoms with Crippen LogP contribution < -0.4 is 10.1 Å². The van der Waals surface area contributed by atoms with Crippen LogP contribution in [0.5, 0.6) is 5.75 Å². The number of rotatable bonds is 9. The van der Waals surface area contributed by atoms with Gasteiger partial charge in [0.25, 0.3) is 5.89 Å². The number of pyridine rings is 1. The van der Waals surface area contributed by atoms with Crippen LogP contribution in [0.25, 0.3) is 11.6 Å². The van der Waals surface area contributed by atoms with Gasteiger partial charge in [0.2, 0.25) is 0 Å². The van der Waals surface area contributed by atoms with Crippen molar-refractivity contribution in [2.75, 3.05) is 20.1 Å². The first-order valence-corrected chi connectivity index (χ1v) is 9.82. The zero-order valence-electron chi connectivity index (χ0n) is 17.3. The van der Waals surface area contributed by atoms with Crippen molar-refractivity contribution in [2.24, 2.45) is 4.99 Å². The summed E-state index contributed by atoms with van der Waals surface area (Å²) in [6, 6.07) is 12.0. The number of hydrogen-bond donors (Lipinski definition) is 1. The third-order valence-electron chi connectivity index (χ3n) is 4.21. The van der Waals surface area contributed by atoms with Crippen LogP contribution in [0, 0.1) is 0 Å². The molecule has 0 bridgehead atoms. The Balaban J connectivity index is 1.57. The quantitative estimate of drug-likeness (QED) is 0.411. The van der Waals surface area contributed by atoms with E-state index in [0.717, 1.165) is 5.56 Å². The third kappa shape index (κ3) is 6.73. The van der Waals surface area contributed by atoms with Crippen LogP contribution in [0.3, 0.4) is 0 Å². The normalized spacial score (nSPS) is 11.6. The molecule has 31 heavy (non-hydrogen) atoms. The first-order chi connectivity index (χ1) is 15.0. The Bertz CT molecular complexity index is 964. The van der Waals surface area contributed by atoms with E-state index in [1.807, 2.05) is 31.0 Å². The van der Waals surface area contributed by atoms with Gasteiger partial charge in [-0.05, 0) is 36.8 Å². The zero-order valence-corrected chi connectivity index (χ0v) is 17.3. The lowest BCUT2D eigenvalue weighted by molar-refractivity contribution is -0.0498. The molecule has 164 valence electrons. The molecule has 0 amide bonds. The lowest BCUT2D eigenvalue weighted by atomic mass is 10.2. The predicted molar refractivity (Wildman–Crippen MR) is 112 cm³/mol. The minimum absolute atomic E-state index is 0.132. The van der Waals surface area contributed by atoms with Crippen LogP contribution in [0.2, 0.25) is 0 Å². The number of guanidine groups is 1. The highest BCUT2D eigenvalue weighted by Gasteiger charge is 2.11. The molecule has 0 saturated carbocycles. The summed E-state index contributed by atoms with van der Waals surface area (Å²) < 4.78 is 34.2. The monoisotopic (exact) mass is 430 g/mol. The fourth-order valence-corrected chi connectivity index (χ4v) is 2.81. The van der Waals surface area contributed by atoms with Crippen LogP contribution in [0.15, 0.2) is 58.2 Å². The van der Waals surface area contributed by atoms with Crippen LogP contribution in [-0.2, 0) is 13.0 Å². The van der Waals surface area contributed by atoms with Crippen molar-refractivity contribution in [1.82, 2.24) is 25.3 Å². The van der Waals surface area contributed by atoms with Gasteiger partial charge in [-0.15, -0.1) is 0 Å². The molecule has 0 aliphatic carbocycles. The molecule has 1 aromatic carbocycles. The molecular weight excluding hydrogens is 406 g/mol. The summed E-state index contributed by atoms with van der Waals surface area (Å²) >= 11 is 0. The molecule has 0 radical (unpaired) electrons. The van der Waals surface area contributed by atoms with Gasteiger partial charge >= 0.3 is 6.61 Å². The summed E-state index contributed by atoms with van der Waals surface area (Å²) in [5, 5.41) is 7.22. The van der Waals surface area contributed by atoms with Crippen molar-refractivity contribution in [3.63, 3.8) is 0 Å². The van der Waals surface area contributed by atoms with E-state index in [4.69, 9.17) is 4.52 Å². The predicted octanol–water partition coefficient (Wildman–Crippen LogP) is 3.37. The highest BCUT2D eigenvalue weighted by Crippen LogP contribution is 2.16. The van der Waals surface area contributed by atoms with Gasteiger partial charge in [0, 0.05) is 39.3 Å². The summed E-state index contributed by atoms with van der Waals surface area (Å²) in [6.45, 7) is 0.872. The van der Waals surface area contributed by atoms with Gasteiger partial charge in [0.05, 0.1) is 0 Å². The fourth-order valence-electron chi connectivity index (χ4n) is 2.81. The number of halogens is 2. The van der Waals surface area contributed by atoms with Crippen molar-refractivity contribution < 1.29 is 18.0 Å². The Labute approximate surface area is 179 Å². The first-order valence-electron chi connectivity index (χ1n) is 9.82. The van der Waals surface area contributed by atoms with Gasteiger partial charge < -0.3 is 19.5 Å². The van der Waals surface area contributed by atoms with Crippen LogP contribution in [0.1, 0.15) is 18.3 Å². The number of hydrogen-bond acceptors (Lipinski definition) is 6. The third-order valence-corrected chi connectivity index (χ3v) is 4.21. The second-order valence-corrected chi connectivity index (χ2v) is 6.59. The number of aromatic nitrogens is 3. The van der Waals surface area contributed by atoms with Crippen molar-refractivity contribution in [2.45, 2.75) is 26.5 Å². The average molecular weight is 430 g/mol. The van der Waals surface area contributed by atoms with E-state index in [9.17, 15) is 8.78 Å². The van der Waals surface area contributed by atoms with E-state index in [2.05, 4.69) is 30.2 Å². The SMILES string of the molecule is CCNC(=NCCc1noc(-c2ccccn2)n1)N(C)Cc1ccc(OC(F)F)cc1. The number of alkyl halides is 2. The molecule has 0 saturated heterocycles. The number of nitrogens with zero attached hydrogens (tertiary/aromatic N) is 5. The van der Waals surface area contributed by atoms with E-state index in [0.29, 0.717) is 49.4 Å². The van der Waals surface area contributed by atoms with Gasteiger partial charge in [-0.25, -0.2) is 0 Å².